The fourth-order valence-corrected chi connectivity index (χ4v) is 0. The minimum absolute atomic E-state index is 0. The number of hydrogen-bond acceptors (Lipinski definition) is 3. The van der Waals surface area contributed by atoms with Crippen LogP contribution in [0.1, 0.15) is 6.92 Å². The Hall–Kier alpha value is 0.170. The summed E-state index contributed by atoms with van der Waals surface area (Å²) in [7, 11) is 0. The van der Waals surface area contributed by atoms with Crippen LogP contribution in [0.4, 0.5) is 0 Å². The molecule has 0 saturated heterocycles. The molecule has 6 heavy (non-hydrogen) atoms. The molecular formula is C2H11ClN2O. The molecule has 0 aliphatic heterocycles. The zero-order valence-corrected chi connectivity index (χ0v) is 4.59. The third kappa shape index (κ3) is 30.6. The van der Waals surface area contributed by atoms with Crippen LogP contribution < -0.4 is 11.6 Å². The SMILES string of the molecule is CCNO.Cl.N. The molecule has 0 unspecified atom stereocenters. The zero-order chi connectivity index (χ0) is 3.41. The van der Waals surface area contributed by atoms with Crippen molar-refractivity contribution >= 4 is 12.4 Å². The van der Waals surface area contributed by atoms with Crippen molar-refractivity contribution in [1.29, 1.82) is 0 Å². The summed E-state index contributed by atoms with van der Waals surface area (Å²) in [6, 6.07) is 0. The van der Waals surface area contributed by atoms with Crippen LogP contribution in [0.25, 0.3) is 0 Å². The summed E-state index contributed by atoms with van der Waals surface area (Å²) in [6.45, 7) is 2.44. The van der Waals surface area contributed by atoms with E-state index in [2.05, 4.69) is 0 Å². The number of rotatable bonds is 1. The van der Waals surface area contributed by atoms with Crippen LogP contribution in [0.5, 0.6) is 0 Å². The molecule has 0 amide bonds. The van der Waals surface area contributed by atoms with Crippen LogP contribution in [-0.4, -0.2) is 11.8 Å². The zero-order valence-electron chi connectivity index (χ0n) is 3.77. The lowest BCUT2D eigenvalue weighted by molar-refractivity contribution is 0.173. The molecule has 42 valence electrons. The highest BCUT2D eigenvalue weighted by Gasteiger charge is 1.51. The van der Waals surface area contributed by atoms with E-state index in [1.54, 1.807) is 0 Å². The van der Waals surface area contributed by atoms with Gasteiger partial charge in [0.25, 0.3) is 0 Å². The van der Waals surface area contributed by atoms with Crippen LogP contribution in [0.15, 0.2) is 0 Å². The first-order valence-electron chi connectivity index (χ1n) is 1.28. The van der Waals surface area contributed by atoms with Gasteiger partial charge in [-0.15, -0.1) is 12.4 Å². The smallest absolute Gasteiger partial charge is 0.0179 e. The van der Waals surface area contributed by atoms with E-state index in [0.717, 1.165) is 0 Å². The van der Waals surface area contributed by atoms with Crippen molar-refractivity contribution in [3.8, 4) is 0 Å². The van der Waals surface area contributed by atoms with Crippen molar-refractivity contribution in [2.45, 2.75) is 6.92 Å². The molecule has 0 rings (SSSR count). The molecule has 3 nitrogen and oxygen atoms in total. The number of nitrogens with one attached hydrogen (secondary N) is 1. The predicted octanol–water partition coefficient (Wildman–Crippen LogP) is 0.569. The van der Waals surface area contributed by atoms with Gasteiger partial charge in [-0.05, 0) is 0 Å². The van der Waals surface area contributed by atoms with Crippen molar-refractivity contribution < 1.29 is 5.21 Å². The number of hydroxylamine groups is 1. The molecule has 0 spiro atoms. The lowest BCUT2D eigenvalue weighted by Gasteiger charge is -1.75. The van der Waals surface area contributed by atoms with Gasteiger partial charge in [-0.1, -0.05) is 6.92 Å². The number of halogens is 1. The van der Waals surface area contributed by atoms with Crippen LogP contribution in [0.2, 0.25) is 0 Å². The van der Waals surface area contributed by atoms with Gasteiger partial charge in [-0.2, -0.15) is 0 Å². The second-order valence-electron chi connectivity index (χ2n) is 0.512. The Morgan fingerprint density at radius 2 is 1.83 bits per heavy atom. The molecule has 0 aliphatic carbocycles. The fourth-order valence-electron chi connectivity index (χ4n) is 0. The second kappa shape index (κ2) is 19.1. The van der Waals surface area contributed by atoms with E-state index < -0.39 is 0 Å². The molecule has 0 atom stereocenters. The normalized spacial score (nSPS) is 5.00. The van der Waals surface area contributed by atoms with Gasteiger partial charge in [0.1, 0.15) is 0 Å². The monoisotopic (exact) mass is 114 g/mol. The average Bonchev–Trinajstić information content (AvgIpc) is 1.37. The average molecular weight is 115 g/mol. The summed E-state index contributed by atoms with van der Waals surface area (Å²) in [5.74, 6) is 0. The van der Waals surface area contributed by atoms with Gasteiger partial charge in [0.05, 0.1) is 0 Å². The van der Waals surface area contributed by atoms with Gasteiger partial charge >= 0.3 is 0 Å². The molecule has 0 aliphatic rings. The summed E-state index contributed by atoms with van der Waals surface area (Å²) < 4.78 is 0. The van der Waals surface area contributed by atoms with Gasteiger partial charge in [0.15, 0.2) is 0 Å². The molecule has 0 fully saturated rings. The Kier molecular flexibility index (Phi) is 52.2. The maximum absolute atomic E-state index is 7.62. The van der Waals surface area contributed by atoms with Gasteiger partial charge in [0, 0.05) is 6.54 Å². The minimum Gasteiger partial charge on any atom is -0.344 e. The molecule has 0 aromatic carbocycles. The van der Waals surface area contributed by atoms with E-state index in [1.807, 2.05) is 12.4 Å². The molecule has 0 bridgehead atoms. The maximum Gasteiger partial charge on any atom is 0.0179 e. The van der Waals surface area contributed by atoms with Gasteiger partial charge in [0.2, 0.25) is 0 Å². The highest BCUT2D eigenvalue weighted by molar-refractivity contribution is 5.85. The van der Waals surface area contributed by atoms with E-state index in [1.165, 1.54) is 0 Å². The molecule has 5 N–H and O–H groups in total. The molecule has 0 radical (unpaired) electrons. The molecule has 0 aromatic heterocycles. The minimum atomic E-state index is 0. The summed E-state index contributed by atoms with van der Waals surface area (Å²) >= 11 is 0. The van der Waals surface area contributed by atoms with E-state index in [4.69, 9.17) is 5.21 Å². The van der Waals surface area contributed by atoms with E-state index in [0.29, 0.717) is 6.54 Å². The number of hydrogen-bond donors (Lipinski definition) is 3. The van der Waals surface area contributed by atoms with E-state index >= 15 is 0 Å². The first kappa shape index (κ1) is 16.4. The summed E-state index contributed by atoms with van der Waals surface area (Å²) in [4.78, 5) is 0. The predicted molar refractivity (Wildman–Crippen MR) is 27.7 cm³/mol. The highest BCUT2D eigenvalue weighted by atomic mass is 35.5. The first-order chi connectivity index (χ1) is 1.91. The summed E-state index contributed by atoms with van der Waals surface area (Å²) in [5.41, 5.74) is 1.93. The lowest BCUT2D eigenvalue weighted by atomic mass is 10.8. The van der Waals surface area contributed by atoms with Crippen molar-refractivity contribution in [3.05, 3.63) is 0 Å². The van der Waals surface area contributed by atoms with Crippen molar-refractivity contribution in [2.24, 2.45) is 0 Å². The van der Waals surface area contributed by atoms with Crippen molar-refractivity contribution in [3.63, 3.8) is 0 Å². The van der Waals surface area contributed by atoms with Crippen LogP contribution in [-0.2, 0) is 0 Å². The topological polar surface area (TPSA) is 67.3 Å². The molecular weight excluding hydrogens is 103 g/mol. The Morgan fingerprint density at radius 3 is 1.83 bits per heavy atom. The van der Waals surface area contributed by atoms with Gasteiger partial charge < -0.3 is 11.4 Å². The molecule has 0 saturated carbocycles. The lowest BCUT2D eigenvalue weighted by Crippen LogP contribution is -2.02. The van der Waals surface area contributed by atoms with Gasteiger partial charge in [-0.25, -0.2) is 5.48 Å². The largest absolute Gasteiger partial charge is 0.344 e. The van der Waals surface area contributed by atoms with E-state index in [9.17, 15) is 0 Å². The standard InChI is InChI=1S/C2H7NO.ClH.H3N/c1-2-3-4;;/h3-4H,2H2,1H3;1H;1H3. The van der Waals surface area contributed by atoms with Crippen molar-refractivity contribution in [2.75, 3.05) is 6.54 Å². The first-order valence-corrected chi connectivity index (χ1v) is 1.28. The van der Waals surface area contributed by atoms with E-state index in [-0.39, 0.29) is 18.6 Å². The quantitative estimate of drug-likeness (QED) is 0.437. The Labute approximate surface area is 43.7 Å². The third-order valence-electron chi connectivity index (χ3n) is 0.158. The molecule has 0 heterocycles. The van der Waals surface area contributed by atoms with Crippen LogP contribution in [0, 0.1) is 0 Å². The maximum atomic E-state index is 7.62. The highest BCUT2D eigenvalue weighted by Crippen LogP contribution is 1.34. The van der Waals surface area contributed by atoms with Gasteiger partial charge in [-0.3, -0.25) is 0 Å². The third-order valence-corrected chi connectivity index (χ3v) is 0.158. The fraction of sp³-hybridized carbons (Fsp3) is 1.00. The van der Waals surface area contributed by atoms with Crippen LogP contribution in [0.3, 0.4) is 0 Å². The Morgan fingerprint density at radius 1 is 1.67 bits per heavy atom. The molecule has 4 heteroatoms. The Balaban J connectivity index is -0.0000000450. The van der Waals surface area contributed by atoms with Crippen molar-refractivity contribution in [1.82, 2.24) is 11.6 Å². The summed E-state index contributed by atoms with van der Waals surface area (Å²) in [6.07, 6.45) is 0. The van der Waals surface area contributed by atoms with Crippen LogP contribution >= 0.6 is 12.4 Å². The summed E-state index contributed by atoms with van der Waals surface area (Å²) in [5, 5.41) is 7.62. The second-order valence-corrected chi connectivity index (χ2v) is 0.512. The Bertz CT molecular complexity index is 13.5. The molecule has 0 aromatic rings.